The molecule has 0 aliphatic heterocycles. The first-order chi connectivity index (χ1) is 10.0. The monoisotopic (exact) mass is 327 g/mol. The van der Waals surface area contributed by atoms with Gasteiger partial charge in [-0.25, -0.2) is 4.39 Å². The van der Waals surface area contributed by atoms with Crippen LogP contribution < -0.4 is 10.5 Å². The molecule has 112 valence electrons. The molecule has 21 heavy (non-hydrogen) atoms. The summed E-state index contributed by atoms with van der Waals surface area (Å²) in [6, 6.07) is 10.9. The molecule has 2 atom stereocenters. The Morgan fingerprint density at radius 3 is 2.33 bits per heavy atom. The van der Waals surface area contributed by atoms with Crippen molar-refractivity contribution in [1.29, 1.82) is 0 Å². The van der Waals surface area contributed by atoms with Gasteiger partial charge in [0.2, 0.25) is 0 Å². The molecule has 2 aromatic rings. The second-order valence-corrected chi connectivity index (χ2v) is 5.55. The summed E-state index contributed by atoms with van der Waals surface area (Å²) in [5, 5.41) is 0.874. The molecular formula is C16H16Cl2FNO. The molecule has 2 rings (SSSR count). The summed E-state index contributed by atoms with van der Waals surface area (Å²) >= 11 is 11.9. The lowest BCUT2D eigenvalue weighted by atomic mass is 10.0. The smallest absolute Gasteiger partial charge is 0.139 e. The molecule has 0 fully saturated rings. The fraction of sp³-hybridized carbons (Fsp3) is 0.250. The maximum Gasteiger partial charge on any atom is 0.139 e. The van der Waals surface area contributed by atoms with Crippen LogP contribution in [0.2, 0.25) is 10.0 Å². The summed E-state index contributed by atoms with van der Waals surface area (Å²) < 4.78 is 19.0. The van der Waals surface area contributed by atoms with Crippen molar-refractivity contribution in [2.75, 3.05) is 0 Å². The van der Waals surface area contributed by atoms with Gasteiger partial charge in [0.25, 0.3) is 0 Å². The van der Waals surface area contributed by atoms with E-state index >= 15 is 0 Å². The van der Waals surface area contributed by atoms with Gasteiger partial charge >= 0.3 is 0 Å². The topological polar surface area (TPSA) is 35.2 Å². The van der Waals surface area contributed by atoms with Gasteiger partial charge in [-0.05, 0) is 36.2 Å². The van der Waals surface area contributed by atoms with Crippen LogP contribution in [0.1, 0.15) is 25.0 Å². The Labute approximate surface area is 133 Å². The van der Waals surface area contributed by atoms with Crippen molar-refractivity contribution in [3.63, 3.8) is 0 Å². The minimum Gasteiger partial charge on any atom is -0.484 e. The number of halogens is 3. The summed E-state index contributed by atoms with van der Waals surface area (Å²) in [6.45, 7) is 1.97. The highest BCUT2D eigenvalue weighted by atomic mass is 35.5. The lowest BCUT2D eigenvalue weighted by Gasteiger charge is -2.25. The van der Waals surface area contributed by atoms with Gasteiger partial charge in [0.05, 0.1) is 10.0 Å². The maximum absolute atomic E-state index is 13.1. The van der Waals surface area contributed by atoms with Crippen molar-refractivity contribution < 1.29 is 9.13 Å². The Morgan fingerprint density at radius 2 is 1.76 bits per heavy atom. The fourth-order valence-electron chi connectivity index (χ4n) is 1.97. The maximum atomic E-state index is 13.1. The molecule has 0 radical (unpaired) electrons. The van der Waals surface area contributed by atoms with Crippen LogP contribution in [0.15, 0.2) is 42.5 Å². The third kappa shape index (κ3) is 4.10. The zero-order valence-electron chi connectivity index (χ0n) is 11.5. The highest BCUT2D eigenvalue weighted by molar-refractivity contribution is 6.42. The van der Waals surface area contributed by atoms with Gasteiger partial charge in [-0.3, -0.25) is 0 Å². The molecular weight excluding hydrogens is 312 g/mol. The number of rotatable bonds is 5. The first kappa shape index (κ1) is 16.1. The van der Waals surface area contributed by atoms with Gasteiger partial charge in [-0.2, -0.15) is 0 Å². The Balaban J connectivity index is 2.28. The van der Waals surface area contributed by atoms with Crippen molar-refractivity contribution in [3.8, 4) is 5.75 Å². The number of ether oxygens (including phenoxy) is 1. The molecule has 2 N–H and O–H groups in total. The van der Waals surface area contributed by atoms with Gasteiger partial charge in [-0.15, -0.1) is 0 Å². The van der Waals surface area contributed by atoms with Crippen LogP contribution in [-0.4, -0.2) is 6.04 Å². The average Bonchev–Trinajstić information content (AvgIpc) is 2.48. The molecule has 0 aliphatic carbocycles. The van der Waals surface area contributed by atoms with E-state index in [1.54, 1.807) is 30.3 Å². The van der Waals surface area contributed by atoms with Crippen LogP contribution in [-0.2, 0) is 0 Å². The Hall–Kier alpha value is -1.29. The Bertz CT molecular complexity index is 604. The van der Waals surface area contributed by atoms with E-state index in [2.05, 4.69) is 0 Å². The molecule has 0 heterocycles. The molecule has 0 spiro atoms. The predicted molar refractivity (Wildman–Crippen MR) is 84.5 cm³/mol. The van der Waals surface area contributed by atoms with Crippen molar-refractivity contribution >= 4 is 23.2 Å². The molecule has 5 heteroatoms. The van der Waals surface area contributed by atoms with E-state index in [1.165, 1.54) is 12.1 Å². The van der Waals surface area contributed by atoms with E-state index in [1.807, 2.05) is 6.92 Å². The molecule has 0 saturated carbocycles. The Morgan fingerprint density at radius 1 is 1.10 bits per heavy atom. The Kier molecular flexibility index (Phi) is 5.45. The van der Waals surface area contributed by atoms with E-state index in [9.17, 15) is 4.39 Å². The summed E-state index contributed by atoms with van der Waals surface area (Å²) in [5.41, 5.74) is 6.94. The highest BCUT2D eigenvalue weighted by Crippen LogP contribution is 2.30. The molecule has 0 amide bonds. The predicted octanol–water partition coefficient (Wildman–Crippen LogP) is 4.99. The van der Waals surface area contributed by atoms with E-state index in [0.29, 0.717) is 15.8 Å². The van der Waals surface area contributed by atoms with Crippen LogP contribution in [0.4, 0.5) is 4.39 Å². The second kappa shape index (κ2) is 7.12. The number of hydrogen-bond acceptors (Lipinski definition) is 2. The van der Waals surface area contributed by atoms with E-state index in [0.717, 1.165) is 12.0 Å². The average molecular weight is 328 g/mol. The molecule has 0 saturated heterocycles. The minimum atomic E-state index is -0.382. The SMILES string of the molecule is CCC(N)C(Oc1ccc(Cl)c(Cl)c1)c1ccc(F)cc1. The van der Waals surface area contributed by atoms with E-state index < -0.39 is 0 Å². The normalized spacial score (nSPS) is 13.8. The van der Waals surface area contributed by atoms with Crippen LogP contribution in [0.5, 0.6) is 5.75 Å². The third-order valence-electron chi connectivity index (χ3n) is 3.21. The lowest BCUT2D eigenvalue weighted by molar-refractivity contribution is 0.171. The van der Waals surface area contributed by atoms with Crippen molar-refractivity contribution in [2.24, 2.45) is 5.73 Å². The van der Waals surface area contributed by atoms with Crippen LogP contribution in [0.25, 0.3) is 0 Å². The van der Waals surface area contributed by atoms with E-state index in [-0.39, 0.29) is 18.0 Å². The van der Waals surface area contributed by atoms with E-state index in [4.69, 9.17) is 33.7 Å². The van der Waals surface area contributed by atoms with Crippen LogP contribution >= 0.6 is 23.2 Å². The van der Waals surface area contributed by atoms with Crippen molar-refractivity contribution in [1.82, 2.24) is 0 Å². The molecule has 0 bridgehead atoms. The number of hydrogen-bond donors (Lipinski definition) is 1. The largest absolute Gasteiger partial charge is 0.484 e. The zero-order valence-corrected chi connectivity index (χ0v) is 13.0. The number of nitrogens with two attached hydrogens (primary N) is 1. The van der Waals surface area contributed by atoms with Gasteiger partial charge in [0.15, 0.2) is 0 Å². The molecule has 0 aromatic heterocycles. The number of benzene rings is 2. The van der Waals surface area contributed by atoms with Crippen molar-refractivity contribution in [2.45, 2.75) is 25.5 Å². The summed E-state index contributed by atoms with van der Waals surface area (Å²) in [7, 11) is 0. The van der Waals surface area contributed by atoms with Gasteiger partial charge in [0, 0.05) is 12.1 Å². The molecule has 0 aliphatic rings. The summed E-state index contributed by atoms with van der Waals surface area (Å²) in [5.74, 6) is 0.278. The first-order valence-corrected chi connectivity index (χ1v) is 7.39. The van der Waals surface area contributed by atoms with Crippen LogP contribution in [0, 0.1) is 5.82 Å². The fourth-order valence-corrected chi connectivity index (χ4v) is 2.25. The standard InChI is InChI=1S/C16H16Cl2FNO/c1-2-15(20)16(10-3-5-11(19)6-4-10)21-12-7-8-13(17)14(18)9-12/h3-9,15-16H,2,20H2,1H3. The molecule has 2 nitrogen and oxygen atoms in total. The summed E-state index contributed by atoms with van der Waals surface area (Å²) in [6.07, 6.45) is 0.344. The quantitative estimate of drug-likeness (QED) is 0.839. The van der Waals surface area contributed by atoms with Gasteiger partial charge in [0.1, 0.15) is 17.7 Å². The zero-order chi connectivity index (χ0) is 15.4. The second-order valence-electron chi connectivity index (χ2n) is 4.74. The van der Waals surface area contributed by atoms with Crippen LogP contribution in [0.3, 0.4) is 0 Å². The third-order valence-corrected chi connectivity index (χ3v) is 3.95. The van der Waals surface area contributed by atoms with Gasteiger partial charge < -0.3 is 10.5 Å². The first-order valence-electron chi connectivity index (χ1n) is 6.64. The van der Waals surface area contributed by atoms with Crippen molar-refractivity contribution in [3.05, 3.63) is 63.9 Å². The molecule has 2 aromatic carbocycles. The van der Waals surface area contributed by atoms with Gasteiger partial charge in [-0.1, -0.05) is 42.3 Å². The minimum absolute atomic E-state index is 0.218. The summed E-state index contributed by atoms with van der Waals surface area (Å²) in [4.78, 5) is 0. The highest BCUT2D eigenvalue weighted by Gasteiger charge is 2.21. The molecule has 2 unspecified atom stereocenters. The lowest BCUT2D eigenvalue weighted by Crippen LogP contribution is -2.31.